The van der Waals surface area contributed by atoms with Crippen LogP contribution in [0.4, 0.5) is 0 Å². The van der Waals surface area contributed by atoms with E-state index in [1.807, 2.05) is 37.2 Å². The molecule has 0 aromatic heterocycles. The van der Waals surface area contributed by atoms with Crippen molar-refractivity contribution in [2.24, 2.45) is 16.3 Å². The van der Waals surface area contributed by atoms with Gasteiger partial charge in [0.1, 0.15) is 6.61 Å². The second-order valence-electron chi connectivity index (χ2n) is 7.94. The molecule has 0 aliphatic carbocycles. The Morgan fingerprint density at radius 3 is 2.58 bits per heavy atom. The lowest BCUT2D eigenvalue weighted by Gasteiger charge is -2.39. The summed E-state index contributed by atoms with van der Waals surface area (Å²) in [7, 11) is 4.01. The predicted octanol–water partition coefficient (Wildman–Crippen LogP) is 2.11. The maximum atomic E-state index is 5.94. The molecule has 6 nitrogen and oxygen atoms in total. The van der Waals surface area contributed by atoms with E-state index in [0.717, 1.165) is 12.5 Å². The third-order valence-electron chi connectivity index (χ3n) is 5.22. The summed E-state index contributed by atoms with van der Waals surface area (Å²) < 4.78 is 17.6. The van der Waals surface area contributed by atoms with Gasteiger partial charge in [-0.25, -0.2) is 4.99 Å². The molecular weight excluding hydrogens is 330 g/mol. The normalized spacial score (nSPS) is 22.8. The Bertz CT molecular complexity index is 604. The Labute approximate surface area is 156 Å². The van der Waals surface area contributed by atoms with E-state index in [4.69, 9.17) is 19.2 Å². The highest BCUT2D eigenvalue weighted by Crippen LogP contribution is 2.44. The summed E-state index contributed by atoms with van der Waals surface area (Å²) in [6, 6.07) is 10.3. The van der Waals surface area contributed by atoms with Crippen LogP contribution in [-0.2, 0) is 20.8 Å². The van der Waals surface area contributed by atoms with Crippen LogP contribution in [0, 0.1) is 11.3 Å². The Morgan fingerprint density at radius 2 is 1.92 bits per heavy atom. The molecule has 1 atom stereocenters. The monoisotopic (exact) mass is 361 g/mol. The van der Waals surface area contributed by atoms with E-state index in [1.165, 1.54) is 5.56 Å². The van der Waals surface area contributed by atoms with Crippen molar-refractivity contribution in [3.8, 4) is 0 Å². The van der Waals surface area contributed by atoms with Gasteiger partial charge in [0.05, 0.1) is 26.4 Å². The number of hydrogen-bond donors (Lipinski definition) is 1. The van der Waals surface area contributed by atoms with Crippen molar-refractivity contribution in [3.63, 3.8) is 0 Å². The molecule has 0 bridgehead atoms. The van der Waals surface area contributed by atoms with E-state index in [9.17, 15) is 0 Å². The Morgan fingerprint density at radius 1 is 1.23 bits per heavy atom. The third kappa shape index (κ3) is 4.19. The molecule has 1 aromatic rings. The van der Waals surface area contributed by atoms with Crippen molar-refractivity contribution >= 4 is 5.96 Å². The molecule has 2 saturated heterocycles. The Balaban J connectivity index is 1.64. The first kappa shape index (κ1) is 19.1. The van der Waals surface area contributed by atoms with Gasteiger partial charge in [0.25, 0.3) is 0 Å². The molecule has 2 fully saturated rings. The smallest absolute Gasteiger partial charge is 0.197 e. The van der Waals surface area contributed by atoms with Crippen LogP contribution >= 0.6 is 0 Å². The van der Waals surface area contributed by atoms with Gasteiger partial charge in [-0.15, -0.1) is 0 Å². The van der Waals surface area contributed by atoms with E-state index in [1.54, 1.807) is 0 Å². The van der Waals surface area contributed by atoms with Crippen LogP contribution in [0.1, 0.15) is 19.4 Å². The first-order valence-corrected chi connectivity index (χ1v) is 9.28. The summed E-state index contributed by atoms with van der Waals surface area (Å²) in [6.45, 7) is 8.35. The highest BCUT2D eigenvalue weighted by molar-refractivity contribution is 5.79. The second-order valence-corrected chi connectivity index (χ2v) is 7.94. The molecule has 0 amide bonds. The van der Waals surface area contributed by atoms with Crippen molar-refractivity contribution in [3.05, 3.63) is 35.9 Å². The highest BCUT2D eigenvalue weighted by Gasteiger charge is 2.55. The maximum Gasteiger partial charge on any atom is 0.197 e. The number of hydrogen-bond acceptors (Lipinski definition) is 4. The Hall–Kier alpha value is -1.63. The van der Waals surface area contributed by atoms with Gasteiger partial charge in [-0.3, -0.25) is 0 Å². The Kier molecular flexibility index (Phi) is 5.85. The van der Waals surface area contributed by atoms with Gasteiger partial charge in [-0.05, 0) is 11.0 Å². The van der Waals surface area contributed by atoms with Crippen LogP contribution in [0.15, 0.2) is 35.3 Å². The van der Waals surface area contributed by atoms with Gasteiger partial charge in [0.15, 0.2) is 11.7 Å². The van der Waals surface area contributed by atoms with E-state index in [2.05, 4.69) is 31.3 Å². The average Bonchev–Trinajstić information content (AvgIpc) is 3.26. The van der Waals surface area contributed by atoms with E-state index in [0.29, 0.717) is 33.0 Å². The van der Waals surface area contributed by atoms with Crippen molar-refractivity contribution in [2.75, 3.05) is 47.1 Å². The van der Waals surface area contributed by atoms with Crippen molar-refractivity contribution < 1.29 is 14.2 Å². The number of nitrogens with one attached hydrogen (secondary N) is 1. The summed E-state index contributed by atoms with van der Waals surface area (Å²) in [5.41, 5.74) is 1.13. The SMILES string of the molecule is CN(C)C(=NCc1ccccc1)NCC(C)(C)C1COCC12OCCO2. The van der Waals surface area contributed by atoms with Crippen molar-refractivity contribution in [1.82, 2.24) is 10.2 Å². The molecule has 1 unspecified atom stereocenters. The molecule has 1 N–H and O–H groups in total. The van der Waals surface area contributed by atoms with E-state index >= 15 is 0 Å². The minimum Gasteiger partial charge on any atom is -0.375 e. The zero-order valence-corrected chi connectivity index (χ0v) is 16.3. The summed E-state index contributed by atoms with van der Waals surface area (Å²) in [6.07, 6.45) is 0. The van der Waals surface area contributed by atoms with Gasteiger partial charge in [-0.2, -0.15) is 0 Å². The lowest BCUT2D eigenvalue weighted by Crippen LogP contribution is -2.51. The summed E-state index contributed by atoms with van der Waals surface area (Å²) >= 11 is 0. The highest BCUT2D eigenvalue weighted by atomic mass is 16.8. The summed E-state index contributed by atoms with van der Waals surface area (Å²) in [5.74, 6) is 0.482. The van der Waals surface area contributed by atoms with Gasteiger partial charge >= 0.3 is 0 Å². The zero-order valence-electron chi connectivity index (χ0n) is 16.3. The summed E-state index contributed by atoms with van der Waals surface area (Å²) in [5, 5.41) is 3.52. The van der Waals surface area contributed by atoms with Gasteiger partial charge in [0, 0.05) is 26.6 Å². The lowest BCUT2D eigenvalue weighted by atomic mass is 9.75. The molecule has 2 aliphatic heterocycles. The largest absolute Gasteiger partial charge is 0.375 e. The fourth-order valence-electron chi connectivity index (χ4n) is 3.66. The van der Waals surface area contributed by atoms with Gasteiger partial charge < -0.3 is 24.4 Å². The van der Waals surface area contributed by atoms with Crippen molar-refractivity contribution in [1.29, 1.82) is 0 Å². The van der Waals surface area contributed by atoms with Crippen LogP contribution < -0.4 is 5.32 Å². The van der Waals surface area contributed by atoms with Gasteiger partial charge in [-0.1, -0.05) is 44.2 Å². The standard InChI is InChI=1S/C20H31N3O3/c1-19(2,17-13-24-15-20(17)25-10-11-26-20)14-22-18(23(3)4)21-12-16-8-6-5-7-9-16/h5-9,17H,10-15H2,1-4H3,(H,21,22). The van der Waals surface area contributed by atoms with Crippen LogP contribution in [0.5, 0.6) is 0 Å². The topological polar surface area (TPSA) is 55.3 Å². The first-order chi connectivity index (χ1) is 12.4. The number of aliphatic imine (C=N–C) groups is 1. The fraction of sp³-hybridized carbons (Fsp3) is 0.650. The van der Waals surface area contributed by atoms with Crippen LogP contribution in [-0.4, -0.2) is 63.7 Å². The van der Waals surface area contributed by atoms with E-state index in [-0.39, 0.29) is 11.3 Å². The number of benzene rings is 1. The zero-order chi connectivity index (χ0) is 18.6. The fourth-order valence-corrected chi connectivity index (χ4v) is 3.66. The average molecular weight is 361 g/mol. The number of ether oxygens (including phenoxy) is 3. The lowest BCUT2D eigenvalue weighted by molar-refractivity contribution is -0.197. The first-order valence-electron chi connectivity index (χ1n) is 9.28. The van der Waals surface area contributed by atoms with Gasteiger partial charge in [0.2, 0.25) is 0 Å². The molecule has 6 heteroatoms. The summed E-state index contributed by atoms with van der Waals surface area (Å²) in [4.78, 5) is 6.77. The molecule has 1 aromatic carbocycles. The second kappa shape index (κ2) is 7.94. The molecule has 144 valence electrons. The molecule has 0 radical (unpaired) electrons. The molecule has 2 aliphatic rings. The predicted molar refractivity (Wildman–Crippen MR) is 102 cm³/mol. The maximum absolute atomic E-state index is 5.94. The van der Waals surface area contributed by atoms with E-state index < -0.39 is 5.79 Å². The molecule has 1 spiro atoms. The number of nitrogens with zero attached hydrogens (tertiary/aromatic N) is 2. The molecule has 3 rings (SSSR count). The minimum atomic E-state index is -0.579. The van der Waals surface area contributed by atoms with Crippen LogP contribution in [0.25, 0.3) is 0 Å². The van der Waals surface area contributed by atoms with Crippen molar-refractivity contribution in [2.45, 2.75) is 26.2 Å². The van der Waals surface area contributed by atoms with Crippen LogP contribution in [0.3, 0.4) is 0 Å². The number of guanidine groups is 1. The van der Waals surface area contributed by atoms with Crippen LogP contribution in [0.2, 0.25) is 0 Å². The quantitative estimate of drug-likeness (QED) is 0.643. The molecule has 0 saturated carbocycles. The molecule has 26 heavy (non-hydrogen) atoms. The molecule has 2 heterocycles. The minimum absolute atomic E-state index is 0.0651. The third-order valence-corrected chi connectivity index (χ3v) is 5.22. The molecular formula is C20H31N3O3. The number of rotatable bonds is 5.